The van der Waals surface area contributed by atoms with Crippen LogP contribution in [-0.2, 0) is 16.6 Å². The van der Waals surface area contributed by atoms with Crippen LogP contribution < -0.4 is 5.32 Å². The highest BCUT2D eigenvalue weighted by Gasteiger charge is 2.30. The molecule has 1 aliphatic heterocycles. The van der Waals surface area contributed by atoms with E-state index in [9.17, 15) is 13.2 Å². The standard InChI is InChI=1S/C18H22Cl2N4O3S/c1-13-5-7-22-24(13)10-4-6-21-18(25)14-11-17(16(20)12-15(14)19)28(26,27)23-8-2-3-9-23/h5,7,11-12H,2-4,6,8-10H2,1H3,(H,21,25). The molecule has 0 radical (unpaired) electrons. The lowest BCUT2D eigenvalue weighted by molar-refractivity contribution is 0.0952. The van der Waals surface area contributed by atoms with E-state index in [0.717, 1.165) is 18.5 Å². The van der Waals surface area contributed by atoms with Crippen molar-refractivity contribution in [3.63, 3.8) is 0 Å². The van der Waals surface area contributed by atoms with Crippen molar-refractivity contribution in [3.8, 4) is 0 Å². The molecular formula is C18H22Cl2N4O3S. The van der Waals surface area contributed by atoms with Crippen LogP contribution in [0.25, 0.3) is 0 Å². The molecule has 28 heavy (non-hydrogen) atoms. The first kappa shape index (κ1) is 21.1. The molecule has 7 nitrogen and oxygen atoms in total. The van der Waals surface area contributed by atoms with Gasteiger partial charge in [-0.25, -0.2) is 8.42 Å². The molecule has 1 amide bonds. The number of hydrogen-bond donors (Lipinski definition) is 1. The third-order valence-electron chi connectivity index (χ3n) is 4.71. The first-order chi connectivity index (χ1) is 13.3. The van der Waals surface area contributed by atoms with Gasteiger partial charge in [-0.2, -0.15) is 9.40 Å². The number of nitrogens with one attached hydrogen (secondary N) is 1. The first-order valence-electron chi connectivity index (χ1n) is 9.06. The molecule has 1 aliphatic rings. The maximum atomic E-state index is 12.8. The molecule has 1 saturated heterocycles. The summed E-state index contributed by atoms with van der Waals surface area (Å²) in [5.74, 6) is -0.434. The molecule has 3 rings (SSSR count). The number of hydrogen-bond acceptors (Lipinski definition) is 4. The zero-order valence-electron chi connectivity index (χ0n) is 15.5. The third-order valence-corrected chi connectivity index (χ3v) is 7.39. The molecule has 10 heteroatoms. The minimum absolute atomic E-state index is 0.0163. The Morgan fingerprint density at radius 3 is 2.57 bits per heavy atom. The number of aryl methyl sites for hydroxylation is 2. The lowest BCUT2D eigenvalue weighted by Crippen LogP contribution is -2.29. The molecule has 0 spiro atoms. The van der Waals surface area contributed by atoms with E-state index >= 15 is 0 Å². The van der Waals surface area contributed by atoms with Crippen LogP contribution in [0.15, 0.2) is 29.3 Å². The van der Waals surface area contributed by atoms with E-state index < -0.39 is 15.9 Å². The Labute approximate surface area is 174 Å². The van der Waals surface area contributed by atoms with E-state index in [1.165, 1.54) is 16.4 Å². The average molecular weight is 445 g/mol. The number of aromatic nitrogens is 2. The van der Waals surface area contributed by atoms with Crippen molar-refractivity contribution >= 4 is 39.1 Å². The smallest absolute Gasteiger partial charge is 0.252 e. The number of carbonyl (C=O) groups excluding carboxylic acids is 1. The van der Waals surface area contributed by atoms with Gasteiger partial charge in [0.1, 0.15) is 4.90 Å². The number of rotatable bonds is 7. The fraction of sp³-hybridized carbons (Fsp3) is 0.444. The molecule has 0 aliphatic carbocycles. The number of carbonyl (C=O) groups is 1. The highest BCUT2D eigenvalue weighted by molar-refractivity contribution is 7.89. The highest BCUT2D eigenvalue weighted by Crippen LogP contribution is 2.32. The van der Waals surface area contributed by atoms with Gasteiger partial charge in [0.05, 0.1) is 15.6 Å². The molecule has 152 valence electrons. The van der Waals surface area contributed by atoms with Gasteiger partial charge < -0.3 is 5.32 Å². The number of halogens is 2. The Kier molecular flexibility index (Phi) is 6.65. The molecular weight excluding hydrogens is 423 g/mol. The molecule has 0 saturated carbocycles. The zero-order chi connectivity index (χ0) is 20.3. The van der Waals surface area contributed by atoms with Crippen molar-refractivity contribution in [2.75, 3.05) is 19.6 Å². The normalized spacial score (nSPS) is 15.1. The second-order valence-corrected chi connectivity index (χ2v) is 9.40. The Bertz CT molecular complexity index is 969. The van der Waals surface area contributed by atoms with Crippen LogP contribution in [0, 0.1) is 6.92 Å². The largest absolute Gasteiger partial charge is 0.352 e. The fourth-order valence-corrected chi connectivity index (χ4v) is 5.48. The summed E-state index contributed by atoms with van der Waals surface area (Å²) in [4.78, 5) is 12.5. The predicted molar refractivity (Wildman–Crippen MR) is 108 cm³/mol. The van der Waals surface area contributed by atoms with Crippen LogP contribution in [0.3, 0.4) is 0 Å². The van der Waals surface area contributed by atoms with Crippen LogP contribution in [0.4, 0.5) is 0 Å². The maximum Gasteiger partial charge on any atom is 0.252 e. The molecule has 1 aromatic heterocycles. The minimum Gasteiger partial charge on any atom is -0.352 e. The van der Waals surface area contributed by atoms with Gasteiger partial charge in [0.2, 0.25) is 10.0 Å². The van der Waals surface area contributed by atoms with Gasteiger partial charge in [0.25, 0.3) is 5.91 Å². The van der Waals surface area contributed by atoms with Gasteiger partial charge in [-0.3, -0.25) is 9.48 Å². The minimum atomic E-state index is -3.75. The second-order valence-electron chi connectivity index (χ2n) is 6.68. The molecule has 0 bridgehead atoms. The molecule has 1 N–H and O–H groups in total. The van der Waals surface area contributed by atoms with Crippen molar-refractivity contribution in [3.05, 3.63) is 45.7 Å². The van der Waals surface area contributed by atoms with Crippen molar-refractivity contribution in [2.24, 2.45) is 0 Å². The van der Waals surface area contributed by atoms with E-state index in [0.29, 0.717) is 32.6 Å². The molecule has 1 fully saturated rings. The Morgan fingerprint density at radius 1 is 1.21 bits per heavy atom. The van der Waals surface area contributed by atoms with Crippen molar-refractivity contribution in [1.82, 2.24) is 19.4 Å². The Hall–Kier alpha value is -1.61. The fourth-order valence-electron chi connectivity index (χ4n) is 3.13. The quantitative estimate of drug-likeness (QED) is 0.664. The summed E-state index contributed by atoms with van der Waals surface area (Å²) in [5.41, 5.74) is 1.14. The van der Waals surface area contributed by atoms with Crippen LogP contribution in [0.1, 0.15) is 35.3 Å². The zero-order valence-corrected chi connectivity index (χ0v) is 17.8. The second kappa shape index (κ2) is 8.82. The van der Waals surface area contributed by atoms with Gasteiger partial charge in [0, 0.05) is 38.1 Å². The monoisotopic (exact) mass is 444 g/mol. The third kappa shape index (κ3) is 4.51. The highest BCUT2D eigenvalue weighted by atomic mass is 35.5. The predicted octanol–water partition coefficient (Wildman–Crippen LogP) is 3.10. The topological polar surface area (TPSA) is 84.3 Å². The van der Waals surface area contributed by atoms with E-state index in [2.05, 4.69) is 10.4 Å². The van der Waals surface area contributed by atoms with Gasteiger partial charge in [-0.05, 0) is 44.4 Å². The number of amides is 1. The summed E-state index contributed by atoms with van der Waals surface area (Å²) < 4.78 is 28.9. The van der Waals surface area contributed by atoms with E-state index in [1.807, 2.05) is 17.7 Å². The van der Waals surface area contributed by atoms with Crippen molar-refractivity contribution in [1.29, 1.82) is 0 Å². The molecule has 2 heterocycles. The lowest BCUT2D eigenvalue weighted by atomic mass is 10.2. The summed E-state index contributed by atoms with van der Waals surface area (Å²) >= 11 is 12.3. The van der Waals surface area contributed by atoms with Crippen LogP contribution in [-0.4, -0.2) is 48.0 Å². The average Bonchev–Trinajstić information content (AvgIpc) is 3.30. The number of benzene rings is 1. The van der Waals surface area contributed by atoms with Gasteiger partial charge in [0.15, 0.2) is 0 Å². The van der Waals surface area contributed by atoms with Crippen molar-refractivity contribution < 1.29 is 13.2 Å². The van der Waals surface area contributed by atoms with Gasteiger partial charge in [-0.1, -0.05) is 23.2 Å². The molecule has 0 unspecified atom stereocenters. The van der Waals surface area contributed by atoms with E-state index in [4.69, 9.17) is 23.2 Å². The molecule has 1 aromatic carbocycles. The molecule has 0 atom stereocenters. The Morgan fingerprint density at radius 2 is 1.93 bits per heavy atom. The summed E-state index contributed by atoms with van der Waals surface area (Å²) in [7, 11) is -3.75. The summed E-state index contributed by atoms with van der Waals surface area (Å²) in [6.07, 6.45) is 4.03. The summed E-state index contributed by atoms with van der Waals surface area (Å²) in [5, 5.41) is 7.09. The Balaban J connectivity index is 1.70. The molecule has 2 aromatic rings. The van der Waals surface area contributed by atoms with Gasteiger partial charge >= 0.3 is 0 Å². The van der Waals surface area contributed by atoms with Crippen LogP contribution >= 0.6 is 23.2 Å². The van der Waals surface area contributed by atoms with Crippen LogP contribution in [0.5, 0.6) is 0 Å². The van der Waals surface area contributed by atoms with E-state index in [-0.39, 0.29) is 20.5 Å². The SMILES string of the molecule is Cc1ccnn1CCCNC(=O)c1cc(S(=O)(=O)N2CCCC2)c(Cl)cc1Cl. The van der Waals surface area contributed by atoms with E-state index in [1.54, 1.807) is 6.20 Å². The van der Waals surface area contributed by atoms with Crippen LogP contribution in [0.2, 0.25) is 10.0 Å². The maximum absolute atomic E-state index is 12.8. The number of nitrogens with zero attached hydrogens (tertiary/aromatic N) is 3. The first-order valence-corrected chi connectivity index (χ1v) is 11.3. The van der Waals surface area contributed by atoms with Crippen molar-refractivity contribution in [2.45, 2.75) is 37.6 Å². The summed E-state index contributed by atoms with van der Waals surface area (Å²) in [6, 6.07) is 4.49. The van der Waals surface area contributed by atoms with Gasteiger partial charge in [-0.15, -0.1) is 0 Å². The lowest BCUT2D eigenvalue weighted by Gasteiger charge is -2.17. The summed E-state index contributed by atoms with van der Waals surface area (Å²) in [6.45, 7) is 3.94. The number of sulfonamides is 1.